The second-order valence-electron chi connectivity index (χ2n) is 18.0. The lowest BCUT2D eigenvalue weighted by atomic mass is 9.70. The Morgan fingerprint density at radius 1 is 0.281 bits per heavy atom. The maximum atomic E-state index is 2.56. The van der Waals surface area contributed by atoms with E-state index in [1.807, 2.05) is 0 Å². The number of hydrogen-bond donors (Lipinski definition) is 0. The largest absolute Gasteiger partial charge is 0.310 e. The van der Waals surface area contributed by atoms with Crippen molar-refractivity contribution < 1.29 is 0 Å². The van der Waals surface area contributed by atoms with Crippen LogP contribution in [0.2, 0.25) is 0 Å². The van der Waals surface area contributed by atoms with Gasteiger partial charge >= 0.3 is 0 Å². The fraction of sp³-hybridized carbons (Fsp3) is 0.0645. The number of rotatable bonds is 6. The first-order valence-electron chi connectivity index (χ1n) is 22.4. The Kier molecular flexibility index (Phi) is 7.90. The van der Waals surface area contributed by atoms with Crippen LogP contribution in [0.4, 0.5) is 34.1 Å². The summed E-state index contributed by atoms with van der Waals surface area (Å²) in [5.41, 5.74) is 21.9. The lowest BCUT2D eigenvalue weighted by Crippen LogP contribution is -2.26. The van der Waals surface area contributed by atoms with E-state index in [-0.39, 0.29) is 5.41 Å². The van der Waals surface area contributed by atoms with E-state index < -0.39 is 5.41 Å². The number of anilines is 6. The van der Waals surface area contributed by atoms with Crippen LogP contribution in [0, 0.1) is 0 Å². The number of nitrogens with zero attached hydrogens (tertiary/aromatic N) is 2. The molecule has 3 aliphatic rings. The number of hydrogen-bond acceptors (Lipinski definition) is 2. The van der Waals surface area contributed by atoms with Crippen molar-refractivity contribution in [3.8, 4) is 33.4 Å². The topological polar surface area (TPSA) is 6.48 Å². The van der Waals surface area contributed by atoms with Gasteiger partial charge in [0.15, 0.2) is 0 Å². The van der Waals surface area contributed by atoms with E-state index in [0.29, 0.717) is 0 Å². The van der Waals surface area contributed by atoms with E-state index >= 15 is 0 Å². The van der Waals surface area contributed by atoms with Gasteiger partial charge in [0.1, 0.15) is 0 Å². The summed E-state index contributed by atoms with van der Waals surface area (Å²) in [6.07, 6.45) is 0. The Labute approximate surface area is 375 Å². The van der Waals surface area contributed by atoms with Gasteiger partial charge in [0.05, 0.1) is 16.8 Å². The van der Waals surface area contributed by atoms with E-state index in [0.717, 1.165) is 28.4 Å². The lowest BCUT2D eigenvalue weighted by Gasteiger charge is -2.34. The molecule has 64 heavy (non-hydrogen) atoms. The number of para-hydroxylation sites is 3. The van der Waals surface area contributed by atoms with Crippen LogP contribution < -0.4 is 9.80 Å². The van der Waals surface area contributed by atoms with Crippen LogP contribution >= 0.6 is 0 Å². The van der Waals surface area contributed by atoms with Crippen molar-refractivity contribution in [1.29, 1.82) is 0 Å². The Morgan fingerprint density at radius 3 is 1.38 bits per heavy atom. The summed E-state index contributed by atoms with van der Waals surface area (Å²) in [7, 11) is 0. The molecule has 302 valence electrons. The number of fused-ring (bicyclic) bond motifs is 15. The molecular weight excluding hydrogens is 773 g/mol. The molecule has 10 aromatic carbocycles. The average molecular weight is 817 g/mol. The van der Waals surface area contributed by atoms with Crippen LogP contribution in [-0.4, -0.2) is 0 Å². The Balaban J connectivity index is 1.13. The standard InChI is InChI=1S/C62H44N2/c1-61(2)51-32-17-14-27-45(51)50-39-44(37-38-52(50)61)64(43-25-10-5-11-26-43)58-40-56-59(47-29-13-12-28-46(47)58)48-30-15-18-33-53(48)62(56)54-34-19-16-31-49(54)60-55(62)35-20-36-57(60)63(41-21-6-3-7-22-41)42-23-8-4-9-24-42/h3-40H,1-2H3. The highest BCUT2D eigenvalue weighted by molar-refractivity contribution is 6.13. The highest BCUT2D eigenvalue weighted by Crippen LogP contribution is 2.66. The second kappa shape index (κ2) is 13.8. The fourth-order valence-corrected chi connectivity index (χ4v) is 11.8. The molecule has 1 atom stereocenters. The predicted molar refractivity (Wildman–Crippen MR) is 267 cm³/mol. The van der Waals surface area contributed by atoms with Gasteiger partial charge < -0.3 is 9.80 Å². The maximum Gasteiger partial charge on any atom is 0.0727 e. The van der Waals surface area contributed by atoms with E-state index in [2.05, 4.69) is 254 Å². The van der Waals surface area contributed by atoms with Crippen LogP contribution in [0.1, 0.15) is 47.2 Å². The molecule has 10 aromatic rings. The van der Waals surface area contributed by atoms with Crippen molar-refractivity contribution in [2.24, 2.45) is 0 Å². The van der Waals surface area contributed by atoms with Crippen molar-refractivity contribution in [2.45, 2.75) is 24.7 Å². The van der Waals surface area contributed by atoms with Gasteiger partial charge in [-0.2, -0.15) is 0 Å². The fourth-order valence-electron chi connectivity index (χ4n) is 11.8. The molecule has 1 unspecified atom stereocenters. The molecule has 2 heteroatoms. The summed E-state index contributed by atoms with van der Waals surface area (Å²) in [4.78, 5) is 4.95. The summed E-state index contributed by atoms with van der Waals surface area (Å²) < 4.78 is 0. The minimum atomic E-state index is -0.588. The molecule has 0 saturated heterocycles. The molecule has 0 heterocycles. The zero-order valence-corrected chi connectivity index (χ0v) is 35.8. The van der Waals surface area contributed by atoms with E-state index in [9.17, 15) is 0 Å². The average Bonchev–Trinajstić information content (AvgIpc) is 3.91. The van der Waals surface area contributed by atoms with Gasteiger partial charge in [0.25, 0.3) is 0 Å². The van der Waals surface area contributed by atoms with Gasteiger partial charge in [0.2, 0.25) is 0 Å². The molecular formula is C62H44N2. The molecule has 13 rings (SSSR count). The molecule has 0 amide bonds. The zero-order chi connectivity index (χ0) is 42.6. The Hall–Kier alpha value is -7.94. The monoisotopic (exact) mass is 816 g/mol. The van der Waals surface area contributed by atoms with Crippen molar-refractivity contribution in [3.63, 3.8) is 0 Å². The van der Waals surface area contributed by atoms with Crippen molar-refractivity contribution in [3.05, 3.63) is 264 Å². The van der Waals surface area contributed by atoms with Crippen molar-refractivity contribution in [1.82, 2.24) is 0 Å². The van der Waals surface area contributed by atoms with Crippen molar-refractivity contribution in [2.75, 3.05) is 9.80 Å². The molecule has 0 radical (unpaired) electrons. The van der Waals surface area contributed by atoms with Gasteiger partial charge in [-0.25, -0.2) is 0 Å². The van der Waals surface area contributed by atoms with Gasteiger partial charge in [-0.1, -0.05) is 184 Å². The third-order valence-electron chi connectivity index (χ3n) is 14.4. The summed E-state index contributed by atoms with van der Waals surface area (Å²) in [6.45, 7) is 4.72. The highest BCUT2D eigenvalue weighted by Gasteiger charge is 2.53. The quantitative estimate of drug-likeness (QED) is 0.165. The SMILES string of the molecule is CC1(C)c2ccccc2-c2cc(N(c3ccccc3)c3cc4c(c5ccccc35)-c3ccccc3C43c4ccccc4-c4c(N(c5ccccc5)c5ccccc5)cccc43)ccc21. The summed E-state index contributed by atoms with van der Waals surface area (Å²) >= 11 is 0. The molecule has 0 N–H and O–H groups in total. The predicted octanol–water partition coefficient (Wildman–Crippen LogP) is 16.4. The molecule has 0 fully saturated rings. The van der Waals surface area contributed by atoms with E-state index in [4.69, 9.17) is 0 Å². The minimum Gasteiger partial charge on any atom is -0.310 e. The smallest absolute Gasteiger partial charge is 0.0727 e. The first-order valence-corrected chi connectivity index (χ1v) is 22.4. The summed E-state index contributed by atoms with van der Waals surface area (Å²) in [6, 6.07) is 85.8. The van der Waals surface area contributed by atoms with Gasteiger partial charge in [-0.15, -0.1) is 0 Å². The minimum absolute atomic E-state index is 0.0842. The molecule has 2 nitrogen and oxygen atoms in total. The third kappa shape index (κ3) is 4.97. The molecule has 0 saturated carbocycles. The van der Waals surface area contributed by atoms with Crippen LogP contribution in [-0.2, 0) is 10.8 Å². The van der Waals surface area contributed by atoms with Gasteiger partial charge in [-0.05, 0) is 127 Å². The molecule has 0 aromatic heterocycles. The summed E-state index contributed by atoms with van der Waals surface area (Å²) in [5.74, 6) is 0. The molecule has 0 bridgehead atoms. The summed E-state index contributed by atoms with van der Waals surface area (Å²) in [5, 5.41) is 2.47. The first kappa shape index (κ1) is 36.7. The van der Waals surface area contributed by atoms with Crippen LogP contribution in [0.15, 0.2) is 231 Å². The van der Waals surface area contributed by atoms with Gasteiger partial charge in [-0.3, -0.25) is 0 Å². The van der Waals surface area contributed by atoms with E-state index in [1.54, 1.807) is 0 Å². The molecule has 3 aliphatic carbocycles. The maximum absolute atomic E-state index is 2.56. The molecule has 0 aliphatic heterocycles. The van der Waals surface area contributed by atoms with Crippen LogP contribution in [0.3, 0.4) is 0 Å². The van der Waals surface area contributed by atoms with Crippen molar-refractivity contribution >= 4 is 44.9 Å². The normalized spacial score (nSPS) is 15.5. The first-order chi connectivity index (χ1) is 31.5. The Morgan fingerprint density at radius 2 is 0.750 bits per heavy atom. The Bertz CT molecular complexity index is 3440. The third-order valence-corrected chi connectivity index (χ3v) is 14.4. The van der Waals surface area contributed by atoms with Crippen LogP contribution in [0.25, 0.3) is 44.2 Å². The second-order valence-corrected chi connectivity index (χ2v) is 18.0. The lowest BCUT2D eigenvalue weighted by molar-refractivity contribution is 0.660. The van der Waals surface area contributed by atoms with E-state index in [1.165, 1.54) is 83.2 Å². The van der Waals surface area contributed by atoms with Crippen LogP contribution in [0.5, 0.6) is 0 Å². The molecule has 1 spiro atoms. The number of benzene rings is 10. The van der Waals surface area contributed by atoms with Gasteiger partial charge in [0, 0.05) is 39.1 Å². The zero-order valence-electron chi connectivity index (χ0n) is 35.8. The highest BCUT2D eigenvalue weighted by atomic mass is 15.2.